The summed E-state index contributed by atoms with van der Waals surface area (Å²) in [5.74, 6) is -1.69. The minimum Gasteiger partial charge on any atom is -0.493 e. The molecular formula is C21H21NO6. The third kappa shape index (κ3) is 4.62. The Morgan fingerprint density at radius 3 is 2.32 bits per heavy atom. The van der Waals surface area contributed by atoms with E-state index in [1.165, 1.54) is 20.0 Å². The summed E-state index contributed by atoms with van der Waals surface area (Å²) in [4.78, 5) is 24.0. The molecule has 28 heavy (non-hydrogen) atoms. The van der Waals surface area contributed by atoms with E-state index in [0.29, 0.717) is 23.8 Å². The zero-order chi connectivity index (χ0) is 20.1. The number of hydrogen-bond donors (Lipinski definition) is 1. The Hall–Kier alpha value is -3.48. The Kier molecular flexibility index (Phi) is 5.54. The van der Waals surface area contributed by atoms with E-state index in [2.05, 4.69) is 5.32 Å². The molecule has 0 radical (unpaired) electrons. The predicted octanol–water partition coefficient (Wildman–Crippen LogP) is 3.41. The first-order valence-corrected chi connectivity index (χ1v) is 8.66. The van der Waals surface area contributed by atoms with Gasteiger partial charge in [-0.25, -0.2) is 9.59 Å². The molecule has 0 atom stereocenters. The van der Waals surface area contributed by atoms with Crippen molar-refractivity contribution < 1.29 is 28.5 Å². The minimum absolute atomic E-state index is 0.220. The number of anilines is 1. The van der Waals surface area contributed by atoms with Crippen LogP contribution in [0.4, 0.5) is 5.69 Å². The highest BCUT2D eigenvalue weighted by Gasteiger charge is 2.38. The summed E-state index contributed by atoms with van der Waals surface area (Å²) in [7, 11) is 1.55. The number of cyclic esters (lactones) is 2. The lowest BCUT2D eigenvalue weighted by molar-refractivity contribution is -0.222. The van der Waals surface area contributed by atoms with Crippen molar-refractivity contribution in [3.05, 3.63) is 65.9 Å². The third-order valence-corrected chi connectivity index (χ3v) is 3.90. The van der Waals surface area contributed by atoms with Crippen molar-refractivity contribution in [2.75, 3.05) is 12.4 Å². The number of hydrogen-bond acceptors (Lipinski definition) is 7. The molecule has 1 fully saturated rings. The lowest BCUT2D eigenvalue weighted by atomic mass is 10.2. The topological polar surface area (TPSA) is 83.1 Å². The molecule has 0 amide bonds. The van der Waals surface area contributed by atoms with Crippen LogP contribution in [-0.2, 0) is 25.7 Å². The van der Waals surface area contributed by atoms with E-state index in [4.69, 9.17) is 18.9 Å². The third-order valence-electron chi connectivity index (χ3n) is 3.90. The highest BCUT2D eigenvalue weighted by atomic mass is 16.7. The van der Waals surface area contributed by atoms with E-state index < -0.39 is 17.7 Å². The summed E-state index contributed by atoms with van der Waals surface area (Å²) >= 11 is 0. The second kappa shape index (κ2) is 8.04. The average Bonchev–Trinajstić information content (AvgIpc) is 2.65. The van der Waals surface area contributed by atoms with Crippen LogP contribution in [0.15, 0.2) is 60.3 Å². The van der Waals surface area contributed by atoms with Crippen molar-refractivity contribution in [1.82, 2.24) is 0 Å². The van der Waals surface area contributed by atoms with Crippen molar-refractivity contribution in [2.45, 2.75) is 26.2 Å². The predicted molar refractivity (Wildman–Crippen MR) is 102 cm³/mol. The van der Waals surface area contributed by atoms with Crippen LogP contribution in [0.3, 0.4) is 0 Å². The molecule has 1 N–H and O–H groups in total. The van der Waals surface area contributed by atoms with E-state index in [1.54, 1.807) is 25.3 Å². The van der Waals surface area contributed by atoms with Gasteiger partial charge in [0.25, 0.3) is 5.79 Å². The second-order valence-electron chi connectivity index (χ2n) is 6.52. The summed E-state index contributed by atoms with van der Waals surface area (Å²) in [6, 6.07) is 14.9. The van der Waals surface area contributed by atoms with E-state index in [-0.39, 0.29) is 5.57 Å². The molecule has 0 spiro atoms. The number of nitrogens with one attached hydrogen (secondary N) is 1. The summed E-state index contributed by atoms with van der Waals surface area (Å²) in [5.41, 5.74) is 1.39. The first kappa shape index (κ1) is 19.3. The van der Waals surface area contributed by atoms with Gasteiger partial charge < -0.3 is 24.3 Å². The number of ether oxygens (including phenoxy) is 4. The van der Waals surface area contributed by atoms with Gasteiger partial charge in [-0.1, -0.05) is 30.3 Å². The Morgan fingerprint density at radius 1 is 1.00 bits per heavy atom. The largest absolute Gasteiger partial charge is 0.493 e. The van der Waals surface area contributed by atoms with Gasteiger partial charge in [-0.3, -0.25) is 0 Å². The molecule has 1 aliphatic rings. The molecule has 0 aliphatic carbocycles. The van der Waals surface area contributed by atoms with E-state index >= 15 is 0 Å². The van der Waals surface area contributed by atoms with E-state index in [9.17, 15) is 9.59 Å². The van der Waals surface area contributed by atoms with Crippen molar-refractivity contribution in [1.29, 1.82) is 0 Å². The van der Waals surface area contributed by atoms with Gasteiger partial charge in [0.05, 0.1) is 7.11 Å². The lowest BCUT2D eigenvalue weighted by Crippen LogP contribution is -2.42. The van der Waals surface area contributed by atoms with Crippen LogP contribution in [-0.4, -0.2) is 24.8 Å². The molecule has 0 aromatic heterocycles. The number of methoxy groups -OCH3 is 1. The van der Waals surface area contributed by atoms with Crippen LogP contribution in [0, 0.1) is 0 Å². The SMILES string of the molecule is COc1ccc(NC=C2C(=O)OC(C)(C)OC2=O)cc1OCc1ccccc1. The fourth-order valence-electron chi connectivity index (χ4n) is 2.55. The van der Waals surface area contributed by atoms with Crippen LogP contribution in [0.25, 0.3) is 0 Å². The van der Waals surface area contributed by atoms with Gasteiger partial charge in [-0.05, 0) is 17.7 Å². The summed E-state index contributed by atoms with van der Waals surface area (Å²) < 4.78 is 21.3. The summed E-state index contributed by atoms with van der Waals surface area (Å²) in [5, 5.41) is 2.89. The van der Waals surface area contributed by atoms with Crippen molar-refractivity contribution >= 4 is 17.6 Å². The van der Waals surface area contributed by atoms with Gasteiger partial charge >= 0.3 is 11.9 Å². The molecule has 2 aromatic carbocycles. The lowest BCUT2D eigenvalue weighted by Gasteiger charge is -2.29. The standard InChI is InChI=1S/C21H21NO6/c1-21(2)27-19(23)16(20(24)28-21)12-22-15-9-10-17(25-3)18(11-15)26-13-14-7-5-4-6-8-14/h4-12,22H,13H2,1-3H3. The Morgan fingerprint density at radius 2 is 1.68 bits per heavy atom. The fraction of sp³-hybridized carbons (Fsp3) is 0.238. The zero-order valence-corrected chi connectivity index (χ0v) is 15.9. The van der Waals surface area contributed by atoms with Gasteiger partial charge in [0.1, 0.15) is 6.61 Å². The molecule has 7 nitrogen and oxygen atoms in total. The Labute approximate surface area is 162 Å². The van der Waals surface area contributed by atoms with Crippen LogP contribution >= 0.6 is 0 Å². The first-order chi connectivity index (χ1) is 13.4. The number of carbonyl (C=O) groups excluding carboxylic acids is 2. The molecule has 0 unspecified atom stereocenters. The van der Waals surface area contributed by atoms with Gasteiger partial charge in [0.15, 0.2) is 17.1 Å². The fourth-order valence-corrected chi connectivity index (χ4v) is 2.55. The number of rotatable bonds is 6. The van der Waals surface area contributed by atoms with Gasteiger partial charge in [-0.2, -0.15) is 0 Å². The molecule has 3 rings (SSSR count). The average molecular weight is 383 g/mol. The molecule has 1 heterocycles. The number of esters is 2. The Bertz CT molecular complexity index is 882. The molecule has 1 aliphatic heterocycles. The van der Waals surface area contributed by atoms with E-state index in [0.717, 1.165) is 5.56 Å². The van der Waals surface area contributed by atoms with Crippen LogP contribution in [0.5, 0.6) is 11.5 Å². The van der Waals surface area contributed by atoms with E-state index in [1.807, 2.05) is 30.3 Å². The molecule has 146 valence electrons. The molecule has 7 heteroatoms. The monoisotopic (exact) mass is 383 g/mol. The molecule has 0 saturated carbocycles. The Balaban J connectivity index is 1.74. The zero-order valence-electron chi connectivity index (χ0n) is 15.9. The number of carbonyl (C=O) groups is 2. The van der Waals surface area contributed by atoms with Crippen LogP contribution < -0.4 is 14.8 Å². The van der Waals surface area contributed by atoms with Crippen molar-refractivity contribution in [3.8, 4) is 11.5 Å². The van der Waals surface area contributed by atoms with Gasteiger partial charge in [0.2, 0.25) is 0 Å². The first-order valence-electron chi connectivity index (χ1n) is 8.66. The molecule has 0 bridgehead atoms. The van der Waals surface area contributed by atoms with Gasteiger partial charge in [-0.15, -0.1) is 0 Å². The van der Waals surface area contributed by atoms with Crippen molar-refractivity contribution in [3.63, 3.8) is 0 Å². The smallest absolute Gasteiger partial charge is 0.350 e. The van der Waals surface area contributed by atoms with Crippen LogP contribution in [0.2, 0.25) is 0 Å². The normalized spacial score (nSPS) is 15.3. The molecule has 2 aromatic rings. The maximum atomic E-state index is 12.0. The van der Waals surface area contributed by atoms with Crippen molar-refractivity contribution in [2.24, 2.45) is 0 Å². The maximum absolute atomic E-state index is 12.0. The summed E-state index contributed by atoms with van der Waals surface area (Å²) in [6.45, 7) is 3.36. The highest BCUT2D eigenvalue weighted by Crippen LogP contribution is 2.31. The molecule has 1 saturated heterocycles. The maximum Gasteiger partial charge on any atom is 0.350 e. The summed E-state index contributed by atoms with van der Waals surface area (Å²) in [6.07, 6.45) is 1.25. The molecular weight excluding hydrogens is 362 g/mol. The van der Waals surface area contributed by atoms with Crippen LogP contribution in [0.1, 0.15) is 19.4 Å². The number of benzene rings is 2. The second-order valence-corrected chi connectivity index (χ2v) is 6.52. The highest BCUT2D eigenvalue weighted by molar-refractivity contribution is 6.15. The van der Waals surface area contributed by atoms with Gasteiger partial charge in [0, 0.05) is 31.8 Å². The minimum atomic E-state index is -1.27. The quantitative estimate of drug-likeness (QED) is 0.465.